The number of nitrogens with zero attached hydrogens (tertiary/aromatic N) is 2. The predicted octanol–water partition coefficient (Wildman–Crippen LogP) is 7.34. The van der Waals surface area contributed by atoms with Crippen LogP contribution in [0.2, 0.25) is 0 Å². The van der Waals surface area contributed by atoms with Crippen LogP contribution in [-0.4, -0.2) is 32.6 Å². The molecule has 216 valence electrons. The molecule has 2 aliphatic carbocycles. The lowest BCUT2D eigenvalue weighted by atomic mass is 9.63. The number of hydrogen-bond donors (Lipinski definition) is 2. The smallest absolute Gasteiger partial charge is 0.423 e. The van der Waals surface area contributed by atoms with E-state index < -0.39 is 11.6 Å². The van der Waals surface area contributed by atoms with Crippen LogP contribution in [-0.2, 0) is 12.0 Å². The summed E-state index contributed by atoms with van der Waals surface area (Å²) in [5.41, 5.74) is 5.52. The number of fused-ring (bicyclic) bond motifs is 3. The number of nitrogens with one attached hydrogen (secondary N) is 1. The van der Waals surface area contributed by atoms with Gasteiger partial charge in [0.15, 0.2) is 0 Å². The van der Waals surface area contributed by atoms with Gasteiger partial charge in [-0.3, -0.25) is 4.79 Å². The number of carbonyl (C=O) groups is 2. The van der Waals surface area contributed by atoms with Crippen molar-refractivity contribution in [2.45, 2.75) is 64.0 Å². The molecule has 0 spiro atoms. The van der Waals surface area contributed by atoms with Crippen LogP contribution in [0, 0.1) is 11.8 Å². The Hall–Kier alpha value is -4.39. The topological polar surface area (TPSA) is 91.8 Å². The molecule has 2 bridgehead atoms. The van der Waals surface area contributed by atoms with E-state index in [2.05, 4.69) is 29.7 Å². The molecule has 2 aliphatic rings. The van der Waals surface area contributed by atoms with Crippen molar-refractivity contribution in [1.29, 1.82) is 0 Å². The third-order valence-electron chi connectivity index (χ3n) is 8.96. The lowest BCUT2D eigenvalue weighted by Crippen LogP contribution is -2.56. The average Bonchev–Trinajstić information content (AvgIpc) is 3.61. The molecule has 6 rings (SSSR count). The molecule has 7 heteroatoms. The first-order valence-electron chi connectivity index (χ1n) is 14.7. The first kappa shape index (κ1) is 27.8. The third kappa shape index (κ3) is 5.08. The van der Waals surface area contributed by atoms with Gasteiger partial charge in [0, 0.05) is 16.4 Å². The molecule has 2 saturated carbocycles. The number of ether oxygens (including phenoxy) is 1. The van der Waals surface area contributed by atoms with Crippen LogP contribution in [0.1, 0.15) is 73.6 Å². The highest BCUT2D eigenvalue weighted by Gasteiger charge is 2.54. The summed E-state index contributed by atoms with van der Waals surface area (Å²) in [4.78, 5) is 30.8. The van der Waals surface area contributed by atoms with Crippen LogP contribution >= 0.6 is 0 Å². The fraction of sp³-hybridized carbons (Fsp3) is 0.343. The second-order valence-electron chi connectivity index (χ2n) is 12.6. The van der Waals surface area contributed by atoms with Gasteiger partial charge >= 0.3 is 6.09 Å². The molecule has 2 amide bonds. The van der Waals surface area contributed by atoms with Crippen molar-refractivity contribution in [3.05, 3.63) is 107 Å². The Kier molecular flexibility index (Phi) is 7.13. The summed E-state index contributed by atoms with van der Waals surface area (Å²) >= 11 is 0. The number of pyridine rings is 1. The molecule has 42 heavy (non-hydrogen) atoms. The van der Waals surface area contributed by atoms with Gasteiger partial charge in [-0.05, 0) is 93.3 Å². The standard InChI is InChI=1S/C35H37N3O4/c1-34(2,3)38(37-33(40)41)32(39)29-18-17-28(42-22-27-16-14-24-9-7-8-12-31(24)36-27)20-30(29)35(25-10-5-4-6-11-25)21-23-13-15-26(35)19-23/h4-12,14,16-18,20,23,26,37H,13,15,19,21-22H2,1-3H3,(H,40,41). The maximum absolute atomic E-state index is 14.2. The van der Waals surface area contributed by atoms with E-state index in [1.165, 1.54) is 17.0 Å². The van der Waals surface area contributed by atoms with Crippen LogP contribution in [0.25, 0.3) is 10.9 Å². The largest absolute Gasteiger partial charge is 0.487 e. The molecule has 4 aromatic rings. The molecule has 7 nitrogen and oxygen atoms in total. The molecule has 0 radical (unpaired) electrons. The van der Waals surface area contributed by atoms with Crippen LogP contribution < -0.4 is 10.2 Å². The van der Waals surface area contributed by atoms with E-state index in [1.54, 1.807) is 6.07 Å². The van der Waals surface area contributed by atoms with Crippen molar-refractivity contribution in [3.8, 4) is 5.75 Å². The van der Waals surface area contributed by atoms with E-state index in [9.17, 15) is 14.7 Å². The Labute approximate surface area is 246 Å². The second-order valence-corrected chi connectivity index (χ2v) is 12.6. The fourth-order valence-corrected chi connectivity index (χ4v) is 7.16. The average molecular weight is 564 g/mol. The van der Waals surface area contributed by atoms with Gasteiger partial charge in [0.05, 0.1) is 16.7 Å². The fourth-order valence-electron chi connectivity index (χ4n) is 7.16. The number of amides is 2. The second kappa shape index (κ2) is 10.8. The molecular formula is C35H37N3O4. The summed E-state index contributed by atoms with van der Waals surface area (Å²) in [7, 11) is 0. The number of carboxylic acid groups (broad SMARTS) is 1. The van der Waals surface area contributed by atoms with Crippen LogP contribution in [0.5, 0.6) is 5.75 Å². The molecule has 3 aromatic carbocycles. The summed E-state index contributed by atoms with van der Waals surface area (Å²) in [6.45, 7) is 5.74. The summed E-state index contributed by atoms with van der Waals surface area (Å²) in [6.07, 6.45) is 3.07. The van der Waals surface area contributed by atoms with Gasteiger partial charge in [-0.2, -0.15) is 0 Å². The van der Waals surface area contributed by atoms with E-state index in [0.29, 0.717) is 23.1 Å². The number of hydrazine groups is 1. The first-order chi connectivity index (χ1) is 20.1. The first-order valence-corrected chi connectivity index (χ1v) is 14.7. The van der Waals surface area contributed by atoms with Gasteiger partial charge in [0.2, 0.25) is 0 Å². The Morgan fingerprint density at radius 3 is 2.45 bits per heavy atom. The predicted molar refractivity (Wildman–Crippen MR) is 162 cm³/mol. The van der Waals surface area contributed by atoms with E-state index in [0.717, 1.165) is 41.4 Å². The zero-order valence-electron chi connectivity index (χ0n) is 24.3. The molecule has 3 atom stereocenters. The monoisotopic (exact) mass is 563 g/mol. The summed E-state index contributed by atoms with van der Waals surface area (Å²) < 4.78 is 6.33. The van der Waals surface area contributed by atoms with E-state index in [-0.39, 0.29) is 17.9 Å². The number of hydrogen-bond acceptors (Lipinski definition) is 4. The Morgan fingerprint density at radius 2 is 1.76 bits per heavy atom. The molecule has 1 aromatic heterocycles. The maximum Gasteiger partial charge on any atom is 0.423 e. The minimum atomic E-state index is -1.28. The Morgan fingerprint density at radius 1 is 1.00 bits per heavy atom. The number of rotatable bonds is 6. The van der Waals surface area contributed by atoms with Crippen LogP contribution in [0.3, 0.4) is 0 Å². The van der Waals surface area contributed by atoms with E-state index >= 15 is 0 Å². The van der Waals surface area contributed by atoms with E-state index in [4.69, 9.17) is 9.72 Å². The van der Waals surface area contributed by atoms with Crippen molar-refractivity contribution < 1.29 is 19.4 Å². The summed E-state index contributed by atoms with van der Waals surface area (Å²) in [6, 6.07) is 28.1. The highest BCUT2D eigenvalue weighted by Crippen LogP contribution is 2.61. The van der Waals surface area contributed by atoms with E-state index in [1.807, 2.05) is 75.4 Å². The molecular weight excluding hydrogens is 526 g/mol. The molecule has 0 aliphatic heterocycles. The number of para-hydroxylation sites is 1. The van der Waals surface area contributed by atoms with Gasteiger partial charge in [-0.15, -0.1) is 0 Å². The normalized spacial score (nSPS) is 21.3. The highest BCUT2D eigenvalue weighted by molar-refractivity contribution is 5.97. The third-order valence-corrected chi connectivity index (χ3v) is 8.96. The Bertz CT molecular complexity index is 1630. The zero-order valence-corrected chi connectivity index (χ0v) is 24.3. The van der Waals surface area contributed by atoms with Crippen molar-refractivity contribution in [2.75, 3.05) is 0 Å². The molecule has 2 fully saturated rings. The van der Waals surface area contributed by atoms with Crippen molar-refractivity contribution >= 4 is 22.9 Å². The molecule has 1 heterocycles. The van der Waals surface area contributed by atoms with Crippen LogP contribution in [0.15, 0.2) is 84.9 Å². The van der Waals surface area contributed by atoms with Gasteiger partial charge in [-0.1, -0.05) is 61.0 Å². The highest BCUT2D eigenvalue weighted by atomic mass is 16.5. The van der Waals surface area contributed by atoms with Crippen molar-refractivity contribution in [3.63, 3.8) is 0 Å². The van der Waals surface area contributed by atoms with Gasteiger partial charge < -0.3 is 9.84 Å². The van der Waals surface area contributed by atoms with Crippen molar-refractivity contribution in [2.24, 2.45) is 11.8 Å². The molecule has 3 unspecified atom stereocenters. The maximum atomic E-state index is 14.2. The number of carbonyl (C=O) groups excluding carboxylic acids is 1. The SMILES string of the molecule is CC(C)(C)N(NC(=O)O)C(=O)c1ccc(OCc2ccc3ccccc3n2)cc1C1(c2ccccc2)CC2CCC1C2. The minimum absolute atomic E-state index is 0.288. The number of aromatic nitrogens is 1. The molecule has 2 N–H and O–H groups in total. The summed E-state index contributed by atoms with van der Waals surface area (Å²) in [5.74, 6) is 1.24. The Balaban J connectivity index is 1.44. The summed E-state index contributed by atoms with van der Waals surface area (Å²) in [5, 5.41) is 11.9. The lowest BCUT2D eigenvalue weighted by molar-refractivity contribution is 0.0398. The van der Waals surface area contributed by atoms with Gasteiger partial charge in [-0.25, -0.2) is 20.2 Å². The van der Waals surface area contributed by atoms with Crippen LogP contribution in [0.4, 0.5) is 4.79 Å². The number of benzene rings is 3. The zero-order chi connectivity index (χ0) is 29.5. The quantitative estimate of drug-likeness (QED) is 0.240. The van der Waals surface area contributed by atoms with Crippen molar-refractivity contribution in [1.82, 2.24) is 15.4 Å². The molecule has 0 saturated heterocycles. The van der Waals surface area contributed by atoms with Gasteiger partial charge in [0.25, 0.3) is 5.91 Å². The lowest BCUT2D eigenvalue weighted by Gasteiger charge is -2.41. The van der Waals surface area contributed by atoms with Gasteiger partial charge in [0.1, 0.15) is 12.4 Å². The minimum Gasteiger partial charge on any atom is -0.487 e.